The molecule has 21 heavy (non-hydrogen) atoms. The number of ether oxygens (including phenoxy) is 1. The van der Waals surface area contributed by atoms with E-state index in [0.29, 0.717) is 5.82 Å². The summed E-state index contributed by atoms with van der Waals surface area (Å²) < 4.78 is 4.63. The molecule has 0 unspecified atom stereocenters. The van der Waals surface area contributed by atoms with Crippen LogP contribution in [0.5, 0.6) is 0 Å². The number of nitrogens with zero attached hydrogens (tertiary/aromatic N) is 3. The zero-order chi connectivity index (χ0) is 14.7. The van der Waals surface area contributed by atoms with Crippen molar-refractivity contribution >= 4 is 28.4 Å². The molecule has 0 aliphatic rings. The molecule has 2 heterocycles. The van der Waals surface area contributed by atoms with Crippen LogP contribution in [-0.2, 0) is 4.74 Å². The number of hydrogen-bond donors (Lipinski definition) is 1. The van der Waals surface area contributed by atoms with Crippen molar-refractivity contribution in [2.45, 2.75) is 0 Å². The minimum atomic E-state index is -0.526. The van der Waals surface area contributed by atoms with Crippen LogP contribution in [0.15, 0.2) is 48.9 Å². The second kappa shape index (κ2) is 5.54. The van der Waals surface area contributed by atoms with E-state index in [4.69, 9.17) is 0 Å². The number of para-hydroxylation sites is 1. The SMILES string of the molecule is COC(=O)c1cncc(Nc2cccc3cccnc23)n1. The molecule has 0 saturated heterocycles. The minimum absolute atomic E-state index is 0.149. The summed E-state index contributed by atoms with van der Waals surface area (Å²) >= 11 is 0. The number of benzene rings is 1. The molecule has 0 fully saturated rings. The third kappa shape index (κ3) is 2.64. The molecule has 6 heteroatoms. The highest BCUT2D eigenvalue weighted by Gasteiger charge is 2.09. The van der Waals surface area contributed by atoms with Crippen LogP contribution in [0.25, 0.3) is 10.9 Å². The van der Waals surface area contributed by atoms with Gasteiger partial charge in [-0.05, 0) is 12.1 Å². The van der Waals surface area contributed by atoms with Gasteiger partial charge in [0.05, 0.1) is 30.7 Å². The number of rotatable bonds is 3. The van der Waals surface area contributed by atoms with Crippen LogP contribution in [0.2, 0.25) is 0 Å². The molecule has 1 N–H and O–H groups in total. The summed E-state index contributed by atoms with van der Waals surface area (Å²) in [4.78, 5) is 24.0. The van der Waals surface area contributed by atoms with Gasteiger partial charge in [-0.3, -0.25) is 9.97 Å². The van der Waals surface area contributed by atoms with Crippen LogP contribution in [-0.4, -0.2) is 28.0 Å². The Morgan fingerprint density at radius 2 is 2.05 bits per heavy atom. The van der Waals surface area contributed by atoms with Crippen LogP contribution in [0, 0.1) is 0 Å². The number of hydrogen-bond acceptors (Lipinski definition) is 6. The predicted molar refractivity (Wildman–Crippen MR) is 78.4 cm³/mol. The Hall–Kier alpha value is -3.02. The number of pyridine rings is 1. The molecule has 2 aromatic heterocycles. The Morgan fingerprint density at radius 1 is 1.19 bits per heavy atom. The van der Waals surface area contributed by atoms with E-state index in [1.54, 1.807) is 6.20 Å². The third-order valence-electron chi connectivity index (χ3n) is 2.92. The summed E-state index contributed by atoms with van der Waals surface area (Å²) in [5, 5.41) is 4.14. The fourth-order valence-electron chi connectivity index (χ4n) is 1.97. The normalized spacial score (nSPS) is 10.3. The Morgan fingerprint density at radius 3 is 2.90 bits per heavy atom. The lowest BCUT2D eigenvalue weighted by atomic mass is 10.2. The first kappa shape index (κ1) is 13.0. The van der Waals surface area contributed by atoms with Crippen molar-refractivity contribution in [3.63, 3.8) is 0 Å². The second-order valence-corrected chi connectivity index (χ2v) is 4.29. The molecule has 0 atom stereocenters. The highest BCUT2D eigenvalue weighted by atomic mass is 16.5. The second-order valence-electron chi connectivity index (χ2n) is 4.29. The molecule has 0 bridgehead atoms. The molecule has 104 valence electrons. The molecule has 3 aromatic rings. The number of carbonyl (C=O) groups excluding carboxylic acids is 1. The van der Waals surface area contributed by atoms with E-state index in [1.807, 2.05) is 30.3 Å². The van der Waals surface area contributed by atoms with Gasteiger partial charge in [0.2, 0.25) is 0 Å². The zero-order valence-electron chi connectivity index (χ0n) is 11.3. The van der Waals surface area contributed by atoms with E-state index in [-0.39, 0.29) is 5.69 Å². The number of fused-ring (bicyclic) bond motifs is 1. The van der Waals surface area contributed by atoms with E-state index in [0.717, 1.165) is 16.6 Å². The quantitative estimate of drug-likeness (QED) is 0.743. The van der Waals surface area contributed by atoms with Gasteiger partial charge in [-0.2, -0.15) is 0 Å². The lowest BCUT2D eigenvalue weighted by Gasteiger charge is -2.08. The topological polar surface area (TPSA) is 77.0 Å². The van der Waals surface area contributed by atoms with E-state index in [1.165, 1.54) is 19.5 Å². The fourth-order valence-corrected chi connectivity index (χ4v) is 1.97. The van der Waals surface area contributed by atoms with Gasteiger partial charge in [0.25, 0.3) is 0 Å². The van der Waals surface area contributed by atoms with Gasteiger partial charge in [0.15, 0.2) is 5.69 Å². The van der Waals surface area contributed by atoms with Gasteiger partial charge >= 0.3 is 5.97 Å². The number of nitrogens with one attached hydrogen (secondary N) is 1. The monoisotopic (exact) mass is 280 g/mol. The van der Waals surface area contributed by atoms with Crippen LogP contribution in [0.3, 0.4) is 0 Å². The number of methoxy groups -OCH3 is 1. The average molecular weight is 280 g/mol. The molecular weight excluding hydrogens is 268 g/mol. The zero-order valence-corrected chi connectivity index (χ0v) is 11.3. The van der Waals surface area contributed by atoms with Gasteiger partial charge in [0, 0.05) is 11.6 Å². The van der Waals surface area contributed by atoms with Crippen LogP contribution >= 0.6 is 0 Å². The van der Waals surface area contributed by atoms with Gasteiger partial charge in [-0.15, -0.1) is 0 Å². The lowest BCUT2D eigenvalue weighted by molar-refractivity contribution is 0.0593. The first-order valence-corrected chi connectivity index (χ1v) is 6.29. The summed E-state index contributed by atoms with van der Waals surface area (Å²) in [7, 11) is 1.30. The summed E-state index contributed by atoms with van der Waals surface area (Å²) in [6.07, 6.45) is 4.62. The van der Waals surface area contributed by atoms with E-state index in [2.05, 4.69) is 25.0 Å². The Labute approximate surface area is 120 Å². The molecule has 3 rings (SSSR count). The summed E-state index contributed by atoms with van der Waals surface area (Å²) in [6.45, 7) is 0. The van der Waals surface area contributed by atoms with Gasteiger partial charge < -0.3 is 10.1 Å². The Bertz CT molecular complexity index is 799. The summed E-state index contributed by atoms with van der Waals surface area (Å²) in [6, 6.07) is 9.64. The largest absolute Gasteiger partial charge is 0.464 e. The molecule has 1 aromatic carbocycles. The summed E-state index contributed by atoms with van der Waals surface area (Å²) in [5.74, 6) is -0.0711. The van der Waals surface area contributed by atoms with Crippen molar-refractivity contribution in [2.75, 3.05) is 12.4 Å². The molecular formula is C15H12N4O2. The van der Waals surface area contributed by atoms with Gasteiger partial charge in [0.1, 0.15) is 5.82 Å². The van der Waals surface area contributed by atoms with Crippen LogP contribution < -0.4 is 5.32 Å². The van der Waals surface area contributed by atoms with E-state index >= 15 is 0 Å². The Kier molecular flexibility index (Phi) is 3.42. The number of carbonyl (C=O) groups is 1. The first-order valence-electron chi connectivity index (χ1n) is 6.29. The van der Waals surface area contributed by atoms with Gasteiger partial charge in [-0.25, -0.2) is 9.78 Å². The summed E-state index contributed by atoms with van der Waals surface area (Å²) in [5.41, 5.74) is 1.77. The third-order valence-corrected chi connectivity index (χ3v) is 2.92. The number of anilines is 2. The van der Waals surface area contributed by atoms with Gasteiger partial charge in [-0.1, -0.05) is 18.2 Å². The van der Waals surface area contributed by atoms with E-state index < -0.39 is 5.97 Å². The van der Waals surface area contributed by atoms with Crippen molar-refractivity contribution in [2.24, 2.45) is 0 Å². The number of esters is 1. The van der Waals surface area contributed by atoms with E-state index in [9.17, 15) is 4.79 Å². The molecule has 6 nitrogen and oxygen atoms in total. The maximum Gasteiger partial charge on any atom is 0.358 e. The minimum Gasteiger partial charge on any atom is -0.464 e. The van der Waals surface area contributed by atoms with Crippen molar-refractivity contribution < 1.29 is 9.53 Å². The highest BCUT2D eigenvalue weighted by Crippen LogP contribution is 2.23. The average Bonchev–Trinajstić information content (AvgIpc) is 2.55. The van der Waals surface area contributed by atoms with Crippen molar-refractivity contribution in [1.82, 2.24) is 15.0 Å². The molecule has 0 spiro atoms. The maximum atomic E-state index is 11.5. The van der Waals surface area contributed by atoms with Crippen molar-refractivity contribution in [3.05, 3.63) is 54.6 Å². The lowest BCUT2D eigenvalue weighted by Crippen LogP contribution is -2.06. The number of aromatic nitrogens is 3. The first-order chi connectivity index (χ1) is 10.3. The fraction of sp³-hybridized carbons (Fsp3) is 0.0667. The van der Waals surface area contributed by atoms with Crippen molar-refractivity contribution in [1.29, 1.82) is 0 Å². The standard InChI is InChI=1S/C15H12N4O2/c1-21-15(20)12-8-16-9-13(19-12)18-11-6-2-4-10-5-3-7-17-14(10)11/h2-9H,1H3,(H,18,19). The Balaban J connectivity index is 1.97. The highest BCUT2D eigenvalue weighted by molar-refractivity contribution is 5.92. The molecule has 0 aliphatic carbocycles. The van der Waals surface area contributed by atoms with Crippen LogP contribution in [0.1, 0.15) is 10.5 Å². The molecule has 0 saturated carbocycles. The van der Waals surface area contributed by atoms with Crippen molar-refractivity contribution in [3.8, 4) is 0 Å². The predicted octanol–water partition coefficient (Wildman–Crippen LogP) is 2.56. The molecule has 0 aliphatic heterocycles. The maximum absolute atomic E-state index is 11.5. The smallest absolute Gasteiger partial charge is 0.358 e. The molecule has 0 amide bonds. The van der Waals surface area contributed by atoms with Crippen LogP contribution in [0.4, 0.5) is 11.5 Å². The molecule has 0 radical (unpaired) electrons.